The molecule has 16 N–H and O–H groups in total. The fourth-order valence-electron chi connectivity index (χ4n) is 7.35. The van der Waals surface area contributed by atoms with Crippen LogP contribution in [0.3, 0.4) is 0 Å². The van der Waals surface area contributed by atoms with Crippen LogP contribution < -0.4 is 53.2 Å². The minimum absolute atomic E-state index is 0.0343. The molecule has 0 unspecified atom stereocenters. The predicted molar refractivity (Wildman–Crippen MR) is 278 cm³/mol. The van der Waals surface area contributed by atoms with Gasteiger partial charge < -0.3 is 68.5 Å². The molecular weight excluding hydrogens is 1050 g/mol. The zero-order valence-corrected chi connectivity index (χ0v) is 44.1. The van der Waals surface area contributed by atoms with E-state index in [1.807, 2.05) is 0 Å². The Morgan fingerprint density at radius 3 is 1.62 bits per heavy atom. The summed E-state index contributed by atoms with van der Waals surface area (Å²) in [5.74, 6) is -10.9. The van der Waals surface area contributed by atoms with Crippen molar-refractivity contribution in [2.75, 3.05) is 18.6 Å². The highest BCUT2D eigenvalue weighted by Gasteiger charge is 2.34. The molecule has 28 heteroatoms. The zero-order valence-electron chi connectivity index (χ0n) is 42.3. The van der Waals surface area contributed by atoms with Crippen LogP contribution in [0.2, 0.25) is 0 Å². The number of carboxylic acid groups (broad SMARTS) is 2. The van der Waals surface area contributed by atoms with Crippen molar-refractivity contribution in [1.29, 1.82) is 0 Å². The number of carbonyl (C=O) groups excluding carboxylic acids is 8. The Bertz CT molecular complexity index is 2570. The second kappa shape index (κ2) is 31.5. The van der Waals surface area contributed by atoms with Gasteiger partial charge in [-0.25, -0.2) is 9.36 Å². The molecule has 3 aromatic rings. The van der Waals surface area contributed by atoms with Crippen molar-refractivity contribution in [2.24, 2.45) is 17.4 Å². The van der Waals surface area contributed by atoms with Crippen LogP contribution in [0.4, 0.5) is 0 Å². The van der Waals surface area contributed by atoms with E-state index in [0.29, 0.717) is 5.56 Å². The number of hydrogen-bond donors (Lipinski definition) is 14. The van der Waals surface area contributed by atoms with E-state index in [4.69, 9.17) is 16.6 Å². The van der Waals surface area contributed by atoms with E-state index < -0.39 is 142 Å². The predicted octanol–water partition coefficient (Wildman–Crippen LogP) is -1.13. The van der Waals surface area contributed by atoms with Crippen LogP contribution in [0.15, 0.2) is 78.9 Å². The fraction of sp³-hybridized carbons (Fsp3) is 0.429. The number of carboxylic acids is 2. The molecule has 8 amide bonds. The molecule has 0 saturated carbocycles. The van der Waals surface area contributed by atoms with Gasteiger partial charge in [0, 0.05) is 19.3 Å². The van der Waals surface area contributed by atoms with Gasteiger partial charge in [0.15, 0.2) is 0 Å². The van der Waals surface area contributed by atoms with E-state index in [1.165, 1.54) is 48.2 Å². The summed E-state index contributed by atoms with van der Waals surface area (Å²) in [5, 5.41) is 45.3. The lowest BCUT2D eigenvalue weighted by Crippen LogP contribution is -2.60. The molecule has 0 heterocycles. The molecule has 0 bridgehead atoms. The third kappa shape index (κ3) is 24.3. The summed E-state index contributed by atoms with van der Waals surface area (Å²) in [6, 6.07) is 9.30. The monoisotopic (exact) mass is 1120 g/mol. The number of amides is 8. The third-order valence-corrected chi connectivity index (χ3v) is 12.3. The van der Waals surface area contributed by atoms with Gasteiger partial charge in [-0.05, 0) is 84.6 Å². The topological polar surface area (TPSA) is 434 Å². The molecule has 0 aromatic heterocycles. The second-order valence-corrected chi connectivity index (χ2v) is 20.2. The van der Waals surface area contributed by atoms with E-state index >= 15 is 0 Å². The first-order valence-corrected chi connectivity index (χ1v) is 26.9. The number of nitrogens with two attached hydrogens (primary N) is 2. The Hall–Kier alpha value is -7.58. The molecule has 0 fully saturated rings. The summed E-state index contributed by atoms with van der Waals surface area (Å²) in [7, 11) is -4.99. The first kappa shape index (κ1) is 63.7. The number of nitrogens with one attached hydrogen (secondary N) is 7. The first-order valence-electron chi connectivity index (χ1n) is 24.0. The van der Waals surface area contributed by atoms with Gasteiger partial charge in [-0.2, -0.15) is 11.8 Å². The Labute approximate surface area is 447 Å². The summed E-state index contributed by atoms with van der Waals surface area (Å²) in [5.41, 5.74) is 13.3. The summed E-state index contributed by atoms with van der Waals surface area (Å²) < 4.78 is 16.1. The van der Waals surface area contributed by atoms with Crippen LogP contribution in [0.1, 0.15) is 62.6 Å². The van der Waals surface area contributed by atoms with Gasteiger partial charge in [-0.3, -0.25) is 52.9 Å². The van der Waals surface area contributed by atoms with E-state index in [1.54, 1.807) is 50.4 Å². The maximum atomic E-state index is 14.4. The summed E-state index contributed by atoms with van der Waals surface area (Å²) in [6.07, 6.45) is -0.675. The number of phenolic OH excluding ortho intramolecular Hbond substituents is 1. The number of aromatic hydroxyl groups is 1. The molecule has 7 atom stereocenters. The van der Waals surface area contributed by atoms with Gasteiger partial charge in [0.2, 0.25) is 47.3 Å². The molecule has 420 valence electrons. The zero-order chi connectivity index (χ0) is 57.4. The van der Waals surface area contributed by atoms with Gasteiger partial charge in [-0.15, -0.1) is 0 Å². The molecule has 77 heavy (non-hydrogen) atoms. The van der Waals surface area contributed by atoms with Gasteiger partial charge in [0.25, 0.3) is 0 Å². The summed E-state index contributed by atoms with van der Waals surface area (Å²) in [4.78, 5) is 150. The Morgan fingerprint density at radius 2 is 1.10 bits per heavy atom. The highest BCUT2D eigenvalue weighted by molar-refractivity contribution is 7.98. The van der Waals surface area contributed by atoms with E-state index in [2.05, 4.69) is 41.7 Å². The molecule has 3 aromatic carbocycles. The molecule has 26 nitrogen and oxygen atoms in total. The molecule has 0 aliphatic rings. The first-order chi connectivity index (χ1) is 36.2. The van der Waals surface area contributed by atoms with Crippen LogP contribution in [-0.2, 0) is 71.8 Å². The molecule has 3 rings (SSSR count). The molecule has 0 aliphatic carbocycles. The van der Waals surface area contributed by atoms with Crippen molar-refractivity contribution in [3.8, 4) is 11.5 Å². The maximum Gasteiger partial charge on any atom is 0.524 e. The highest BCUT2D eigenvalue weighted by Crippen LogP contribution is 2.37. The number of phosphoric acid groups is 1. The number of aliphatic carboxylic acids is 2. The number of phosphoric ester groups is 1. The SMILES string of the molecule is CSCC[C@H](NC(=O)[C@H](Cc1ccc(O)cc1)NC(=O)[C@@H](N)Cc1ccccc1)C(=O)N[C@@H](Cc1ccc(OP(=O)(O)O)cc1)C(=O)N[C@@H](CC(N)=O)C(=O)N[C@@H](CC(C)C)C(=O)NCC(=O)N[C@@H](CCC(=O)O)C(=O)O. The lowest BCUT2D eigenvalue weighted by Gasteiger charge is -2.27. The normalized spacial score (nSPS) is 13.9. The average Bonchev–Trinajstić information content (AvgIpc) is 3.35. The van der Waals surface area contributed by atoms with Crippen LogP contribution in [0, 0.1) is 5.92 Å². The fourth-order valence-corrected chi connectivity index (χ4v) is 8.22. The molecule has 0 spiro atoms. The van der Waals surface area contributed by atoms with Crippen molar-refractivity contribution in [3.05, 3.63) is 95.6 Å². The van der Waals surface area contributed by atoms with Gasteiger partial charge in [-0.1, -0.05) is 68.4 Å². The number of hydrogen-bond acceptors (Lipinski definition) is 15. The van der Waals surface area contributed by atoms with Crippen LogP contribution in [-0.4, -0.2) is 145 Å². The number of rotatable bonds is 33. The van der Waals surface area contributed by atoms with E-state index in [0.717, 1.165) is 17.7 Å². The smallest absolute Gasteiger partial charge is 0.508 e. The van der Waals surface area contributed by atoms with Crippen molar-refractivity contribution < 1.29 is 82.1 Å². The minimum Gasteiger partial charge on any atom is -0.508 e. The maximum absolute atomic E-state index is 14.4. The lowest BCUT2D eigenvalue weighted by molar-refractivity contribution is -0.143. The summed E-state index contributed by atoms with van der Waals surface area (Å²) >= 11 is 1.31. The molecule has 0 saturated heterocycles. The van der Waals surface area contributed by atoms with Crippen molar-refractivity contribution in [1.82, 2.24) is 37.2 Å². The standard InChI is InChI=1S/C49H66N9O17PS/c1-27(2)21-36(44(65)52-26-41(61)53-35(49(70)71)17-18-42(62)63)56-48(69)39(25-40(51)60)58-47(68)38(24-30-11-15-32(16-12-30)75-76(72,73)74)57-45(66)34(19-20-77-3)54-46(67)37(23-29-9-13-31(59)14-10-29)55-43(64)33(50)22-28-7-5-4-6-8-28/h4-16,27,33-39,59H,17-26,50H2,1-3H3,(H2,51,60)(H,52,65)(H,53,61)(H,54,67)(H,55,64)(H,56,69)(H,57,66)(H,58,68)(H,62,63)(H,70,71)(H2,72,73,74)/t33-,34-,35-,36-,37-,38-,39-/m0/s1. The lowest BCUT2D eigenvalue weighted by atomic mass is 10.0. The van der Waals surface area contributed by atoms with Crippen LogP contribution >= 0.6 is 19.6 Å². The highest BCUT2D eigenvalue weighted by atomic mass is 32.2. The number of phenols is 1. The Morgan fingerprint density at radius 1 is 0.610 bits per heavy atom. The average molecular weight is 1120 g/mol. The Kier molecular flexibility index (Phi) is 26.0. The van der Waals surface area contributed by atoms with E-state index in [9.17, 15) is 72.5 Å². The van der Waals surface area contributed by atoms with Gasteiger partial charge in [0.1, 0.15) is 47.8 Å². The van der Waals surface area contributed by atoms with Crippen molar-refractivity contribution in [2.45, 2.75) is 108 Å². The number of carbonyl (C=O) groups is 10. The third-order valence-electron chi connectivity index (χ3n) is 11.2. The Balaban J connectivity index is 1.94. The van der Waals surface area contributed by atoms with Crippen molar-refractivity contribution >= 4 is 78.8 Å². The van der Waals surface area contributed by atoms with Crippen LogP contribution in [0.25, 0.3) is 0 Å². The molecule has 0 radical (unpaired) electrons. The second-order valence-electron chi connectivity index (χ2n) is 18.1. The number of benzene rings is 3. The van der Waals surface area contributed by atoms with Gasteiger partial charge >= 0.3 is 19.8 Å². The van der Waals surface area contributed by atoms with Crippen LogP contribution in [0.5, 0.6) is 11.5 Å². The quantitative estimate of drug-likeness (QED) is 0.0321. The van der Waals surface area contributed by atoms with Crippen molar-refractivity contribution in [3.63, 3.8) is 0 Å². The molecule has 0 aliphatic heterocycles. The van der Waals surface area contributed by atoms with Gasteiger partial charge in [0.05, 0.1) is 19.0 Å². The minimum atomic E-state index is -4.99. The number of thioether (sulfide) groups is 1. The summed E-state index contributed by atoms with van der Waals surface area (Å²) in [6.45, 7) is 2.57. The molecular formula is C49H66N9O17PS. The largest absolute Gasteiger partial charge is 0.524 e. The van der Waals surface area contributed by atoms with E-state index in [-0.39, 0.29) is 54.4 Å². The number of primary amides is 1.